The molecule has 1 aliphatic rings. The molecule has 0 aliphatic carbocycles. The molecule has 0 bridgehead atoms. The maximum Gasteiger partial charge on any atom is 0.260 e. The lowest BCUT2D eigenvalue weighted by molar-refractivity contribution is -0.121. The van der Waals surface area contributed by atoms with Crippen molar-refractivity contribution in [2.45, 2.75) is 26.7 Å². The molecule has 1 fully saturated rings. The minimum absolute atomic E-state index is 0.205. The molecule has 3 amide bonds. The number of rotatable bonds is 6. The van der Waals surface area contributed by atoms with Crippen molar-refractivity contribution in [2.24, 2.45) is 0 Å². The number of aromatic nitrogens is 1. The van der Waals surface area contributed by atoms with Gasteiger partial charge in [0.2, 0.25) is 11.8 Å². The number of anilines is 2. The molecule has 7 nitrogen and oxygen atoms in total. The van der Waals surface area contributed by atoms with Crippen LogP contribution in [0.5, 0.6) is 0 Å². The van der Waals surface area contributed by atoms with E-state index in [0.29, 0.717) is 29.5 Å². The molecule has 0 unspecified atom stereocenters. The van der Waals surface area contributed by atoms with Gasteiger partial charge in [-0.15, -0.1) is 0 Å². The molecule has 0 atom stereocenters. The minimum Gasteiger partial charge on any atom is -0.308 e. The topological polar surface area (TPSA) is 73.8 Å². The molecule has 1 saturated heterocycles. The second-order valence-corrected chi connectivity index (χ2v) is 9.34. The Balaban J connectivity index is 1.72. The van der Waals surface area contributed by atoms with Crippen molar-refractivity contribution in [3.63, 3.8) is 0 Å². The third-order valence-electron chi connectivity index (χ3n) is 5.46. The van der Waals surface area contributed by atoms with Crippen LogP contribution in [0.3, 0.4) is 0 Å². The highest BCUT2D eigenvalue weighted by Gasteiger charge is 2.31. The fraction of sp³-hybridized carbons (Fsp3) is 0.333. The smallest absolute Gasteiger partial charge is 0.260 e. The Morgan fingerprint density at radius 3 is 2.47 bits per heavy atom. The molecule has 3 aromatic rings. The summed E-state index contributed by atoms with van der Waals surface area (Å²) in [7, 11) is 3.92. The highest BCUT2D eigenvalue weighted by atomic mass is 32.1. The van der Waals surface area contributed by atoms with Crippen LogP contribution in [0, 0.1) is 13.8 Å². The van der Waals surface area contributed by atoms with E-state index in [1.807, 2.05) is 32.0 Å². The molecule has 1 aromatic heterocycles. The summed E-state index contributed by atoms with van der Waals surface area (Å²) < 4.78 is 1.07. The van der Waals surface area contributed by atoms with E-state index in [2.05, 4.69) is 13.0 Å². The van der Waals surface area contributed by atoms with Crippen LogP contribution in [0.2, 0.25) is 0 Å². The van der Waals surface area contributed by atoms with Crippen LogP contribution in [-0.4, -0.2) is 54.8 Å². The fourth-order valence-electron chi connectivity index (χ4n) is 3.86. The van der Waals surface area contributed by atoms with Gasteiger partial charge in [-0.25, -0.2) is 4.98 Å². The summed E-state index contributed by atoms with van der Waals surface area (Å²) in [5.74, 6) is -0.677. The summed E-state index contributed by atoms with van der Waals surface area (Å²) in [4.78, 5) is 47.6. The Morgan fingerprint density at radius 1 is 1.06 bits per heavy atom. The van der Waals surface area contributed by atoms with Gasteiger partial charge >= 0.3 is 0 Å². The zero-order valence-corrected chi connectivity index (χ0v) is 19.5. The molecule has 2 heterocycles. The summed E-state index contributed by atoms with van der Waals surface area (Å²) in [6.45, 7) is 5.22. The summed E-state index contributed by atoms with van der Waals surface area (Å²) in [6.07, 6.45) is 0.410. The first-order valence-electron chi connectivity index (χ1n) is 10.5. The summed E-state index contributed by atoms with van der Waals surface area (Å²) in [5, 5.41) is 0.638. The van der Waals surface area contributed by atoms with Crippen LogP contribution in [0.4, 0.5) is 10.8 Å². The number of carbonyl (C=O) groups is 3. The monoisotopic (exact) mass is 450 g/mol. The number of hydrogen-bond donors (Lipinski definition) is 0. The number of thiazole rings is 1. The van der Waals surface area contributed by atoms with Gasteiger partial charge in [-0.05, 0) is 63.3 Å². The predicted octanol–water partition coefficient (Wildman–Crippen LogP) is 3.77. The van der Waals surface area contributed by atoms with E-state index in [1.165, 1.54) is 16.2 Å². The third-order valence-corrected chi connectivity index (χ3v) is 6.69. The lowest BCUT2D eigenvalue weighted by Gasteiger charge is -2.22. The van der Waals surface area contributed by atoms with E-state index >= 15 is 0 Å². The quantitative estimate of drug-likeness (QED) is 0.535. The number of carbonyl (C=O) groups excluding carboxylic acids is 3. The van der Waals surface area contributed by atoms with Crippen LogP contribution in [0.15, 0.2) is 36.4 Å². The molecule has 0 spiro atoms. The maximum absolute atomic E-state index is 13.6. The lowest BCUT2D eigenvalue weighted by Crippen LogP contribution is -2.37. The molecule has 4 rings (SSSR count). The number of imide groups is 1. The van der Waals surface area contributed by atoms with Crippen LogP contribution >= 0.6 is 11.3 Å². The molecule has 166 valence electrons. The van der Waals surface area contributed by atoms with E-state index in [0.717, 1.165) is 21.3 Å². The van der Waals surface area contributed by atoms with E-state index < -0.39 is 0 Å². The van der Waals surface area contributed by atoms with Crippen molar-refractivity contribution in [3.8, 4) is 0 Å². The molecule has 32 heavy (non-hydrogen) atoms. The van der Waals surface area contributed by atoms with Gasteiger partial charge in [-0.1, -0.05) is 23.5 Å². The Hall–Kier alpha value is -3.10. The van der Waals surface area contributed by atoms with Crippen molar-refractivity contribution >= 4 is 50.1 Å². The summed E-state index contributed by atoms with van der Waals surface area (Å²) >= 11 is 1.50. The van der Waals surface area contributed by atoms with Crippen molar-refractivity contribution in [3.05, 3.63) is 53.1 Å². The average molecular weight is 451 g/mol. The van der Waals surface area contributed by atoms with Gasteiger partial charge in [0.1, 0.15) is 0 Å². The number of likely N-dealkylation sites (N-methyl/N-ethyl adjacent to an activating group) is 1. The third kappa shape index (κ3) is 4.28. The van der Waals surface area contributed by atoms with Gasteiger partial charge in [0, 0.05) is 31.5 Å². The Kier molecular flexibility index (Phi) is 6.08. The highest BCUT2D eigenvalue weighted by Crippen LogP contribution is 2.33. The number of amides is 3. The van der Waals surface area contributed by atoms with E-state index in [-0.39, 0.29) is 30.6 Å². The number of nitrogens with zero attached hydrogens (tertiary/aromatic N) is 4. The minimum atomic E-state index is -0.235. The first-order chi connectivity index (χ1) is 15.2. The second-order valence-electron chi connectivity index (χ2n) is 8.36. The predicted molar refractivity (Wildman–Crippen MR) is 127 cm³/mol. The molecule has 2 aromatic carbocycles. The second kappa shape index (κ2) is 8.80. The first-order valence-corrected chi connectivity index (χ1v) is 11.4. The fourth-order valence-corrected chi connectivity index (χ4v) is 4.90. The number of aryl methyl sites for hydroxylation is 2. The largest absolute Gasteiger partial charge is 0.308 e. The maximum atomic E-state index is 13.6. The van der Waals surface area contributed by atoms with Gasteiger partial charge < -0.3 is 4.90 Å². The van der Waals surface area contributed by atoms with E-state index in [9.17, 15) is 14.4 Å². The van der Waals surface area contributed by atoms with E-state index in [4.69, 9.17) is 4.98 Å². The average Bonchev–Trinajstić information content (AvgIpc) is 3.31. The van der Waals surface area contributed by atoms with Crippen molar-refractivity contribution < 1.29 is 14.4 Å². The molecular formula is C24H26N4O3S. The highest BCUT2D eigenvalue weighted by molar-refractivity contribution is 7.22. The molecular weight excluding hydrogens is 424 g/mol. The number of fused-ring (bicyclic) bond motifs is 1. The van der Waals surface area contributed by atoms with Gasteiger partial charge in [0.15, 0.2) is 5.13 Å². The lowest BCUT2D eigenvalue weighted by atomic mass is 10.1. The van der Waals surface area contributed by atoms with Gasteiger partial charge in [-0.2, -0.15) is 0 Å². The molecule has 0 N–H and O–H groups in total. The van der Waals surface area contributed by atoms with Crippen LogP contribution in [-0.2, 0) is 9.59 Å². The summed E-state index contributed by atoms with van der Waals surface area (Å²) in [6, 6.07) is 10.9. The zero-order chi connectivity index (χ0) is 23.0. The van der Waals surface area contributed by atoms with Crippen LogP contribution in [0.25, 0.3) is 10.2 Å². The zero-order valence-electron chi connectivity index (χ0n) is 18.7. The normalized spacial score (nSPS) is 14.1. The van der Waals surface area contributed by atoms with Crippen LogP contribution < -0.4 is 9.80 Å². The van der Waals surface area contributed by atoms with Crippen molar-refractivity contribution in [1.29, 1.82) is 0 Å². The van der Waals surface area contributed by atoms with Gasteiger partial charge in [0.25, 0.3) is 5.91 Å². The summed E-state index contributed by atoms with van der Waals surface area (Å²) in [5.41, 5.74) is 4.00. The number of benzene rings is 2. The standard InChI is InChI=1S/C24H26N4O3S/c1-15-12-16(2)22-19(13-15)25-24(32-22)27(11-10-26(3)4)23(31)17-6-5-7-18(14-17)28-20(29)8-9-21(28)30/h5-7,12-14H,8-11H2,1-4H3. The van der Waals surface area contributed by atoms with E-state index in [1.54, 1.807) is 29.2 Å². The molecule has 1 aliphatic heterocycles. The Bertz CT molecular complexity index is 1200. The number of hydrogen-bond acceptors (Lipinski definition) is 6. The first kappa shape index (κ1) is 22.1. The van der Waals surface area contributed by atoms with Gasteiger partial charge in [-0.3, -0.25) is 24.2 Å². The molecule has 0 radical (unpaired) electrons. The van der Waals surface area contributed by atoms with Gasteiger partial charge in [0.05, 0.1) is 15.9 Å². The SMILES string of the molecule is Cc1cc(C)c2sc(N(CCN(C)C)C(=O)c3cccc(N4C(=O)CCC4=O)c3)nc2c1. The van der Waals surface area contributed by atoms with Crippen molar-refractivity contribution in [1.82, 2.24) is 9.88 Å². The van der Waals surface area contributed by atoms with Crippen LogP contribution in [0.1, 0.15) is 34.3 Å². The Labute approximate surface area is 191 Å². The van der Waals surface area contributed by atoms with Crippen molar-refractivity contribution in [2.75, 3.05) is 37.0 Å². The molecule has 8 heteroatoms. The molecule has 0 saturated carbocycles. The Morgan fingerprint density at radius 2 is 1.78 bits per heavy atom.